The van der Waals surface area contributed by atoms with E-state index in [9.17, 15) is 0 Å². The second-order valence-corrected chi connectivity index (χ2v) is 7.83. The van der Waals surface area contributed by atoms with Crippen molar-refractivity contribution < 1.29 is 14.2 Å². The number of pyridine rings is 2. The van der Waals surface area contributed by atoms with Gasteiger partial charge in [0.2, 0.25) is 0 Å². The van der Waals surface area contributed by atoms with Crippen molar-refractivity contribution >= 4 is 17.2 Å². The number of hydrogen-bond donors (Lipinski definition) is 3. The molecule has 1 aromatic carbocycles. The minimum atomic E-state index is -0.0930. The molecule has 0 radical (unpaired) electrons. The van der Waals surface area contributed by atoms with E-state index in [0.717, 1.165) is 65.3 Å². The van der Waals surface area contributed by atoms with Crippen LogP contribution in [0.2, 0.25) is 0 Å². The normalized spacial score (nSPS) is 21.2. The zero-order chi connectivity index (χ0) is 20.6. The van der Waals surface area contributed by atoms with Crippen molar-refractivity contribution in [2.24, 2.45) is 0 Å². The summed E-state index contributed by atoms with van der Waals surface area (Å²) in [7, 11) is 0. The average Bonchev–Trinajstić information content (AvgIpc) is 3.08. The number of nitrogens with zero attached hydrogens (tertiary/aromatic N) is 2. The second kappa shape index (κ2) is 7.54. The van der Waals surface area contributed by atoms with Crippen LogP contribution >= 0.6 is 0 Å². The van der Waals surface area contributed by atoms with Crippen molar-refractivity contribution in [2.45, 2.75) is 18.6 Å². The standard InChI is InChI=1S/C23H23N5O3/c1-7-25-16-10-14(2-4-19(16)29-9-1)22-12-26-23-21(31-22)5-3-15(28-23)18-13-30-20-6-8-24-11-17(20)27-18/h2-6,8,10-11,18,22,25,27H,1,7,9,12-13H2,(H,26,28). The highest BCUT2D eigenvalue weighted by Gasteiger charge is 2.26. The molecular weight excluding hydrogens is 394 g/mol. The lowest BCUT2D eigenvalue weighted by molar-refractivity contribution is 0.208. The van der Waals surface area contributed by atoms with Crippen molar-refractivity contribution in [3.8, 4) is 17.2 Å². The van der Waals surface area contributed by atoms with Gasteiger partial charge in [-0.25, -0.2) is 4.98 Å². The molecule has 0 fully saturated rings. The molecule has 0 aliphatic carbocycles. The first-order chi connectivity index (χ1) is 15.3. The number of nitrogens with one attached hydrogen (secondary N) is 3. The predicted molar refractivity (Wildman–Crippen MR) is 117 cm³/mol. The lowest BCUT2D eigenvalue weighted by Gasteiger charge is -2.30. The molecule has 2 aromatic heterocycles. The van der Waals surface area contributed by atoms with Gasteiger partial charge in [-0.05, 0) is 36.2 Å². The van der Waals surface area contributed by atoms with Gasteiger partial charge in [-0.1, -0.05) is 6.07 Å². The third-order valence-electron chi connectivity index (χ3n) is 5.75. The molecule has 158 valence electrons. The van der Waals surface area contributed by atoms with Crippen LogP contribution in [0.3, 0.4) is 0 Å². The first kappa shape index (κ1) is 18.1. The molecule has 2 atom stereocenters. The molecule has 0 amide bonds. The Hall–Kier alpha value is -3.68. The van der Waals surface area contributed by atoms with Crippen LogP contribution < -0.4 is 30.2 Å². The van der Waals surface area contributed by atoms with E-state index >= 15 is 0 Å². The summed E-state index contributed by atoms with van der Waals surface area (Å²) >= 11 is 0. The van der Waals surface area contributed by atoms with Crippen LogP contribution in [0.15, 0.2) is 48.8 Å². The van der Waals surface area contributed by atoms with Gasteiger partial charge >= 0.3 is 0 Å². The van der Waals surface area contributed by atoms with Crippen LogP contribution in [-0.2, 0) is 0 Å². The van der Waals surface area contributed by atoms with E-state index in [1.54, 1.807) is 12.4 Å². The molecule has 5 heterocycles. The van der Waals surface area contributed by atoms with Gasteiger partial charge in [0.1, 0.15) is 30.3 Å². The number of fused-ring (bicyclic) bond motifs is 3. The highest BCUT2D eigenvalue weighted by Crippen LogP contribution is 2.38. The highest BCUT2D eigenvalue weighted by atomic mass is 16.5. The van der Waals surface area contributed by atoms with Crippen LogP contribution in [0.5, 0.6) is 17.2 Å². The molecule has 3 aromatic rings. The third-order valence-corrected chi connectivity index (χ3v) is 5.75. The SMILES string of the molecule is c1cc2c(cn1)NC(c1ccc3c(n1)NCC(c1ccc4c(c1)NCCCO4)O3)CO2. The monoisotopic (exact) mass is 417 g/mol. The molecule has 3 aliphatic rings. The zero-order valence-electron chi connectivity index (χ0n) is 16.9. The van der Waals surface area contributed by atoms with Crippen molar-refractivity contribution in [3.05, 3.63) is 60.0 Å². The fourth-order valence-electron chi connectivity index (χ4n) is 4.11. The number of benzene rings is 1. The Balaban J connectivity index is 1.20. The van der Waals surface area contributed by atoms with E-state index in [0.29, 0.717) is 13.2 Å². The van der Waals surface area contributed by atoms with Crippen molar-refractivity contribution in [3.63, 3.8) is 0 Å². The Labute approximate surface area is 180 Å². The first-order valence-corrected chi connectivity index (χ1v) is 10.6. The van der Waals surface area contributed by atoms with Gasteiger partial charge < -0.3 is 30.2 Å². The van der Waals surface area contributed by atoms with E-state index in [1.165, 1.54) is 0 Å². The summed E-state index contributed by atoms with van der Waals surface area (Å²) in [5.74, 6) is 3.21. The summed E-state index contributed by atoms with van der Waals surface area (Å²) in [4.78, 5) is 8.95. The lowest BCUT2D eigenvalue weighted by Crippen LogP contribution is -2.27. The molecule has 31 heavy (non-hydrogen) atoms. The molecule has 0 saturated heterocycles. The Morgan fingerprint density at radius 1 is 0.935 bits per heavy atom. The maximum absolute atomic E-state index is 6.28. The molecule has 8 nitrogen and oxygen atoms in total. The minimum absolute atomic E-state index is 0.0443. The van der Waals surface area contributed by atoms with Gasteiger partial charge in [0, 0.05) is 18.8 Å². The number of rotatable bonds is 2. The van der Waals surface area contributed by atoms with Crippen molar-refractivity contribution in [1.29, 1.82) is 0 Å². The van der Waals surface area contributed by atoms with E-state index in [2.05, 4.69) is 33.1 Å². The third kappa shape index (κ3) is 3.43. The fraction of sp³-hybridized carbons (Fsp3) is 0.304. The number of ether oxygens (including phenoxy) is 3. The van der Waals surface area contributed by atoms with Crippen LogP contribution in [0.4, 0.5) is 17.2 Å². The van der Waals surface area contributed by atoms with Crippen LogP contribution in [0.1, 0.15) is 29.8 Å². The quantitative estimate of drug-likeness (QED) is 0.581. The average molecular weight is 417 g/mol. The Morgan fingerprint density at radius 2 is 1.87 bits per heavy atom. The Bertz CT molecular complexity index is 1120. The summed E-state index contributed by atoms with van der Waals surface area (Å²) in [6.07, 6.45) is 4.40. The van der Waals surface area contributed by atoms with Crippen LogP contribution in [0, 0.1) is 0 Å². The van der Waals surface area contributed by atoms with Gasteiger partial charge in [0.05, 0.1) is 36.4 Å². The fourth-order valence-corrected chi connectivity index (χ4v) is 4.11. The molecule has 0 saturated carbocycles. The molecule has 8 heteroatoms. The Kier molecular flexibility index (Phi) is 4.40. The van der Waals surface area contributed by atoms with Crippen LogP contribution in [-0.4, -0.2) is 36.3 Å². The molecule has 6 rings (SSSR count). The topological polar surface area (TPSA) is 89.6 Å². The van der Waals surface area contributed by atoms with E-state index < -0.39 is 0 Å². The summed E-state index contributed by atoms with van der Waals surface area (Å²) in [5, 5.41) is 10.3. The maximum Gasteiger partial charge on any atom is 0.169 e. The second-order valence-electron chi connectivity index (χ2n) is 7.83. The minimum Gasteiger partial charge on any atom is -0.491 e. The number of aromatic nitrogens is 2. The number of hydrogen-bond acceptors (Lipinski definition) is 8. The molecule has 0 spiro atoms. The van der Waals surface area contributed by atoms with Crippen molar-refractivity contribution in [2.75, 3.05) is 42.3 Å². The molecule has 3 aliphatic heterocycles. The first-order valence-electron chi connectivity index (χ1n) is 10.6. The molecule has 3 N–H and O–H groups in total. The van der Waals surface area contributed by atoms with Gasteiger partial charge in [-0.3, -0.25) is 4.98 Å². The molecule has 0 bridgehead atoms. The summed E-state index contributed by atoms with van der Waals surface area (Å²) < 4.78 is 17.9. The summed E-state index contributed by atoms with van der Waals surface area (Å²) in [6.45, 7) is 2.81. The predicted octanol–water partition coefficient (Wildman–Crippen LogP) is 3.76. The highest BCUT2D eigenvalue weighted by molar-refractivity contribution is 5.61. The summed E-state index contributed by atoms with van der Waals surface area (Å²) in [6, 6.07) is 12.0. The van der Waals surface area contributed by atoms with E-state index in [4.69, 9.17) is 19.2 Å². The smallest absolute Gasteiger partial charge is 0.169 e. The van der Waals surface area contributed by atoms with Gasteiger partial charge in [-0.15, -0.1) is 0 Å². The van der Waals surface area contributed by atoms with E-state index in [1.807, 2.05) is 24.3 Å². The van der Waals surface area contributed by atoms with Crippen molar-refractivity contribution in [1.82, 2.24) is 9.97 Å². The lowest BCUT2D eigenvalue weighted by atomic mass is 10.1. The van der Waals surface area contributed by atoms with Gasteiger partial charge in [0.15, 0.2) is 11.6 Å². The molecule has 2 unspecified atom stereocenters. The number of anilines is 3. The molecular formula is C23H23N5O3. The van der Waals surface area contributed by atoms with E-state index in [-0.39, 0.29) is 12.1 Å². The van der Waals surface area contributed by atoms with Gasteiger partial charge in [0.25, 0.3) is 0 Å². The largest absolute Gasteiger partial charge is 0.491 e. The summed E-state index contributed by atoms with van der Waals surface area (Å²) in [5.41, 5.74) is 3.90. The zero-order valence-corrected chi connectivity index (χ0v) is 16.9. The van der Waals surface area contributed by atoms with Crippen LogP contribution in [0.25, 0.3) is 0 Å². The maximum atomic E-state index is 6.28. The Morgan fingerprint density at radius 3 is 2.87 bits per heavy atom. The van der Waals surface area contributed by atoms with Gasteiger partial charge in [-0.2, -0.15) is 0 Å².